The first kappa shape index (κ1) is 15.1. The number of anilines is 1. The van der Waals surface area contributed by atoms with Crippen LogP contribution in [0.4, 0.5) is 5.82 Å². The zero-order chi connectivity index (χ0) is 14.8. The van der Waals surface area contributed by atoms with Gasteiger partial charge in [0.25, 0.3) is 0 Å². The largest absolute Gasteiger partial charge is 0.372 e. The summed E-state index contributed by atoms with van der Waals surface area (Å²) in [5, 5.41) is 6.06. The highest BCUT2D eigenvalue weighted by Crippen LogP contribution is 2.24. The minimum atomic E-state index is -2.94. The van der Waals surface area contributed by atoms with Crippen LogP contribution in [0.25, 0.3) is 10.2 Å². The molecule has 6 nitrogen and oxygen atoms in total. The number of nitrogens with zero attached hydrogens (tertiary/aromatic N) is 3. The number of hydrogen-bond acceptors (Lipinski definition) is 7. The van der Waals surface area contributed by atoms with Crippen LogP contribution in [0.5, 0.6) is 0 Å². The minimum Gasteiger partial charge on any atom is -0.372 e. The molecule has 2 aromatic heterocycles. The van der Waals surface area contributed by atoms with Crippen molar-refractivity contribution in [3.8, 4) is 0 Å². The highest BCUT2D eigenvalue weighted by molar-refractivity contribution is 7.90. The molecule has 0 atom stereocenters. The highest BCUT2D eigenvalue weighted by atomic mass is 32.2. The third kappa shape index (κ3) is 3.87. The van der Waals surface area contributed by atoms with Gasteiger partial charge in [0, 0.05) is 19.8 Å². The molecule has 8 heteroatoms. The van der Waals surface area contributed by atoms with Crippen molar-refractivity contribution in [2.75, 3.05) is 38.0 Å². The van der Waals surface area contributed by atoms with Crippen molar-refractivity contribution < 1.29 is 8.42 Å². The van der Waals surface area contributed by atoms with Gasteiger partial charge in [-0.15, -0.1) is 11.3 Å². The number of nitrogens with one attached hydrogen (secondary N) is 1. The van der Waals surface area contributed by atoms with Crippen LogP contribution in [0.15, 0.2) is 11.4 Å². The number of sulfone groups is 1. The predicted octanol–water partition coefficient (Wildman–Crippen LogP) is 1.21. The van der Waals surface area contributed by atoms with E-state index in [0.29, 0.717) is 18.9 Å². The van der Waals surface area contributed by atoms with E-state index < -0.39 is 9.84 Å². The second-order valence-corrected chi connectivity index (χ2v) is 7.90. The Morgan fingerprint density at radius 1 is 1.40 bits per heavy atom. The molecule has 2 heterocycles. The van der Waals surface area contributed by atoms with Gasteiger partial charge in [-0.1, -0.05) is 0 Å². The summed E-state index contributed by atoms with van der Waals surface area (Å²) in [6, 6.07) is 1.99. The summed E-state index contributed by atoms with van der Waals surface area (Å²) in [6.45, 7) is 0.998. The molecule has 0 saturated heterocycles. The molecule has 0 unspecified atom stereocenters. The molecule has 0 bridgehead atoms. The van der Waals surface area contributed by atoms with Gasteiger partial charge in [0.2, 0.25) is 0 Å². The zero-order valence-corrected chi connectivity index (χ0v) is 13.4. The third-order valence-corrected chi connectivity index (χ3v) is 4.59. The van der Waals surface area contributed by atoms with Gasteiger partial charge < -0.3 is 5.32 Å². The fraction of sp³-hybridized carbons (Fsp3) is 0.500. The first-order valence-electron chi connectivity index (χ1n) is 6.17. The molecule has 0 aromatic carbocycles. The van der Waals surface area contributed by atoms with Crippen LogP contribution in [-0.4, -0.2) is 55.9 Å². The average Bonchev–Trinajstić information content (AvgIpc) is 2.82. The molecule has 0 spiro atoms. The molecule has 0 aliphatic heterocycles. The second kappa shape index (κ2) is 6.02. The lowest BCUT2D eigenvalue weighted by Gasteiger charge is -2.15. The van der Waals surface area contributed by atoms with E-state index in [1.165, 1.54) is 6.26 Å². The van der Waals surface area contributed by atoms with Crippen LogP contribution in [0, 0.1) is 0 Å². The van der Waals surface area contributed by atoms with Crippen molar-refractivity contribution in [3.63, 3.8) is 0 Å². The Morgan fingerprint density at radius 2 is 2.15 bits per heavy atom. The van der Waals surface area contributed by atoms with Crippen molar-refractivity contribution in [2.24, 2.45) is 0 Å². The molecule has 2 aromatic rings. The van der Waals surface area contributed by atoms with Crippen molar-refractivity contribution >= 4 is 37.2 Å². The lowest BCUT2D eigenvalue weighted by Crippen LogP contribution is -2.25. The normalized spacial score (nSPS) is 12.2. The van der Waals surface area contributed by atoms with Crippen LogP contribution >= 0.6 is 11.3 Å². The van der Waals surface area contributed by atoms with Crippen LogP contribution in [0.1, 0.15) is 5.82 Å². The predicted molar refractivity (Wildman–Crippen MR) is 83.0 cm³/mol. The van der Waals surface area contributed by atoms with Gasteiger partial charge in [0.05, 0.1) is 17.7 Å². The van der Waals surface area contributed by atoms with Crippen LogP contribution in [0.3, 0.4) is 0 Å². The van der Waals surface area contributed by atoms with Crippen molar-refractivity contribution in [3.05, 3.63) is 17.3 Å². The molecule has 0 fully saturated rings. The fourth-order valence-corrected chi connectivity index (χ4v) is 3.23. The molecule has 1 N–H and O–H groups in total. The topological polar surface area (TPSA) is 75.2 Å². The van der Waals surface area contributed by atoms with Gasteiger partial charge in [0.1, 0.15) is 26.3 Å². The Morgan fingerprint density at radius 3 is 2.80 bits per heavy atom. The van der Waals surface area contributed by atoms with Gasteiger partial charge in [-0.05, 0) is 18.5 Å². The fourth-order valence-electron chi connectivity index (χ4n) is 1.80. The van der Waals surface area contributed by atoms with Crippen LogP contribution in [0.2, 0.25) is 0 Å². The summed E-state index contributed by atoms with van der Waals surface area (Å²) < 4.78 is 22.3. The maximum Gasteiger partial charge on any atom is 0.148 e. The summed E-state index contributed by atoms with van der Waals surface area (Å²) in [5.74, 6) is 1.65. The third-order valence-electron chi connectivity index (χ3n) is 2.86. The van der Waals surface area contributed by atoms with Crippen molar-refractivity contribution in [2.45, 2.75) is 6.54 Å². The van der Waals surface area contributed by atoms with Crippen LogP contribution < -0.4 is 5.32 Å². The molecule has 110 valence electrons. The van der Waals surface area contributed by atoms with Crippen molar-refractivity contribution in [1.29, 1.82) is 0 Å². The van der Waals surface area contributed by atoms with Gasteiger partial charge in [-0.25, -0.2) is 18.4 Å². The monoisotopic (exact) mass is 314 g/mol. The molecular weight excluding hydrogens is 296 g/mol. The maximum atomic E-state index is 11.2. The molecule has 2 rings (SSSR count). The number of aromatic nitrogens is 2. The average molecular weight is 314 g/mol. The first-order chi connectivity index (χ1) is 9.39. The summed E-state index contributed by atoms with van der Waals surface area (Å²) >= 11 is 1.57. The molecule has 0 aliphatic rings. The molecule has 0 radical (unpaired) electrons. The maximum absolute atomic E-state index is 11.2. The highest BCUT2D eigenvalue weighted by Gasteiger charge is 2.11. The quantitative estimate of drug-likeness (QED) is 0.864. The molecular formula is C12H18N4O2S2. The van der Waals surface area contributed by atoms with Gasteiger partial charge in [-0.3, -0.25) is 4.90 Å². The Bertz CT molecular complexity index is 697. The van der Waals surface area contributed by atoms with Gasteiger partial charge >= 0.3 is 0 Å². The lowest BCUT2D eigenvalue weighted by atomic mass is 10.3. The number of hydrogen-bond donors (Lipinski definition) is 1. The Kier molecular flexibility index (Phi) is 4.56. The Balaban J connectivity index is 2.13. The van der Waals surface area contributed by atoms with Gasteiger partial charge in [-0.2, -0.15) is 0 Å². The zero-order valence-electron chi connectivity index (χ0n) is 11.8. The van der Waals surface area contributed by atoms with Gasteiger partial charge in [0.15, 0.2) is 0 Å². The summed E-state index contributed by atoms with van der Waals surface area (Å²) in [5.41, 5.74) is 0. The SMILES string of the molecule is CNc1nc(CN(C)CCS(C)(=O)=O)nc2sccc12. The standard InChI is InChI=1S/C12H18N4O2S2/c1-13-11-9-4-6-19-12(9)15-10(14-11)8-16(2)5-7-20(3,17)18/h4,6H,5,7-8H2,1-3H3,(H,13,14,15). The van der Waals surface area contributed by atoms with E-state index in [2.05, 4.69) is 15.3 Å². The Hall–Kier alpha value is -1.25. The van der Waals surface area contributed by atoms with E-state index in [1.807, 2.05) is 30.4 Å². The molecule has 0 aliphatic carbocycles. The Labute approximate surface area is 122 Å². The van der Waals surface area contributed by atoms with E-state index in [9.17, 15) is 8.42 Å². The summed E-state index contributed by atoms with van der Waals surface area (Å²) in [4.78, 5) is 11.8. The molecule has 0 amide bonds. The summed E-state index contributed by atoms with van der Waals surface area (Å²) in [6.07, 6.45) is 1.24. The van der Waals surface area contributed by atoms with E-state index in [4.69, 9.17) is 0 Å². The number of rotatable bonds is 6. The van der Waals surface area contributed by atoms with E-state index in [0.717, 1.165) is 16.0 Å². The van der Waals surface area contributed by atoms with E-state index >= 15 is 0 Å². The summed E-state index contributed by atoms with van der Waals surface area (Å²) in [7, 11) is 0.754. The van der Waals surface area contributed by atoms with E-state index in [1.54, 1.807) is 11.3 Å². The molecule has 0 saturated carbocycles. The molecule has 20 heavy (non-hydrogen) atoms. The minimum absolute atomic E-state index is 0.142. The smallest absolute Gasteiger partial charge is 0.148 e. The number of fused-ring (bicyclic) bond motifs is 1. The van der Waals surface area contributed by atoms with Crippen molar-refractivity contribution in [1.82, 2.24) is 14.9 Å². The van der Waals surface area contributed by atoms with E-state index in [-0.39, 0.29) is 5.75 Å². The number of thiophene rings is 1. The lowest BCUT2D eigenvalue weighted by molar-refractivity contribution is 0.337. The second-order valence-electron chi connectivity index (χ2n) is 4.75. The van der Waals surface area contributed by atoms with Crippen LogP contribution in [-0.2, 0) is 16.4 Å². The first-order valence-corrected chi connectivity index (χ1v) is 9.11.